The van der Waals surface area contributed by atoms with Crippen LogP contribution in [0.4, 0.5) is 11.4 Å². The SMILES string of the molecule is COc1cccc2c(Nc3ccc(S(=O)(=O)NC(C)=O)cc3)c3ccccc3nc12. The summed E-state index contributed by atoms with van der Waals surface area (Å²) in [4.78, 5) is 15.9. The van der Waals surface area contributed by atoms with E-state index in [1.807, 2.05) is 47.2 Å². The highest BCUT2D eigenvalue weighted by molar-refractivity contribution is 7.90. The van der Waals surface area contributed by atoms with Crippen LogP contribution in [0.1, 0.15) is 6.92 Å². The van der Waals surface area contributed by atoms with Crippen molar-refractivity contribution >= 4 is 49.1 Å². The van der Waals surface area contributed by atoms with Gasteiger partial charge >= 0.3 is 0 Å². The fourth-order valence-corrected chi connectivity index (χ4v) is 4.29. The van der Waals surface area contributed by atoms with Gasteiger partial charge in [-0.05, 0) is 36.4 Å². The molecule has 4 rings (SSSR count). The van der Waals surface area contributed by atoms with Gasteiger partial charge in [-0.25, -0.2) is 18.1 Å². The number of hydrogen-bond donors (Lipinski definition) is 2. The molecule has 0 aliphatic rings. The number of amides is 1. The second-order valence-electron chi connectivity index (χ2n) is 6.67. The van der Waals surface area contributed by atoms with E-state index in [0.29, 0.717) is 11.4 Å². The maximum absolute atomic E-state index is 12.2. The van der Waals surface area contributed by atoms with E-state index in [1.165, 1.54) is 12.1 Å². The summed E-state index contributed by atoms with van der Waals surface area (Å²) in [5.74, 6) is 0.0268. The molecule has 0 atom stereocenters. The number of rotatable bonds is 5. The summed E-state index contributed by atoms with van der Waals surface area (Å²) in [5.41, 5.74) is 3.07. The normalized spacial score (nSPS) is 11.4. The van der Waals surface area contributed by atoms with Crippen molar-refractivity contribution in [3.8, 4) is 5.75 Å². The maximum Gasteiger partial charge on any atom is 0.264 e. The molecule has 4 aromatic rings. The Labute approximate surface area is 173 Å². The lowest BCUT2D eigenvalue weighted by Gasteiger charge is -2.15. The number of pyridine rings is 1. The number of para-hydroxylation sites is 2. The van der Waals surface area contributed by atoms with E-state index in [2.05, 4.69) is 5.32 Å². The first-order valence-corrected chi connectivity index (χ1v) is 10.6. The zero-order valence-electron chi connectivity index (χ0n) is 16.3. The average Bonchev–Trinajstić information content (AvgIpc) is 2.72. The second-order valence-corrected chi connectivity index (χ2v) is 8.35. The molecule has 0 fully saturated rings. The molecule has 1 heterocycles. The van der Waals surface area contributed by atoms with Gasteiger partial charge in [-0.1, -0.05) is 30.3 Å². The lowest BCUT2D eigenvalue weighted by molar-refractivity contribution is -0.117. The first kappa shape index (κ1) is 19.7. The molecular formula is C22H19N3O4S. The summed E-state index contributed by atoms with van der Waals surface area (Å²) < 4.78 is 31.7. The molecule has 2 N–H and O–H groups in total. The van der Waals surface area contributed by atoms with Crippen molar-refractivity contribution in [1.29, 1.82) is 0 Å². The average molecular weight is 421 g/mol. The first-order valence-electron chi connectivity index (χ1n) is 9.15. The Morgan fingerprint density at radius 1 is 0.933 bits per heavy atom. The minimum atomic E-state index is -3.88. The predicted octanol–water partition coefficient (Wildman–Crippen LogP) is 3.97. The molecule has 0 aliphatic carbocycles. The molecule has 3 aromatic carbocycles. The fraction of sp³-hybridized carbons (Fsp3) is 0.0909. The second kappa shape index (κ2) is 7.64. The van der Waals surface area contributed by atoms with Gasteiger partial charge in [0.05, 0.1) is 23.2 Å². The van der Waals surface area contributed by atoms with Crippen molar-refractivity contribution in [3.63, 3.8) is 0 Å². The Balaban J connectivity index is 1.81. The standard InChI is InChI=1S/C22H19N3O4S/c1-14(26)25-30(27,28)16-12-10-15(11-13-16)23-21-17-6-3-4-8-19(17)24-22-18(21)7-5-9-20(22)29-2/h3-13H,1-2H3,(H,23,24)(H,25,26). The third kappa shape index (κ3) is 3.65. The van der Waals surface area contributed by atoms with Gasteiger partial charge in [-0.15, -0.1) is 0 Å². The number of ether oxygens (including phenoxy) is 1. The number of benzene rings is 3. The minimum absolute atomic E-state index is 0.00867. The van der Waals surface area contributed by atoms with Crippen molar-refractivity contribution in [2.75, 3.05) is 12.4 Å². The van der Waals surface area contributed by atoms with E-state index >= 15 is 0 Å². The smallest absolute Gasteiger partial charge is 0.264 e. The molecule has 152 valence electrons. The first-order chi connectivity index (χ1) is 14.4. The van der Waals surface area contributed by atoms with E-state index in [9.17, 15) is 13.2 Å². The van der Waals surface area contributed by atoms with Gasteiger partial charge in [0.1, 0.15) is 11.3 Å². The summed E-state index contributed by atoms with van der Waals surface area (Å²) in [6, 6.07) is 19.6. The van der Waals surface area contributed by atoms with Crippen molar-refractivity contribution in [1.82, 2.24) is 9.71 Å². The van der Waals surface area contributed by atoms with Crippen LogP contribution in [0.2, 0.25) is 0 Å². The highest BCUT2D eigenvalue weighted by Gasteiger charge is 2.16. The highest BCUT2D eigenvalue weighted by atomic mass is 32.2. The van der Waals surface area contributed by atoms with Crippen molar-refractivity contribution in [2.24, 2.45) is 0 Å². The molecular weight excluding hydrogens is 402 g/mol. The lowest BCUT2D eigenvalue weighted by atomic mass is 10.1. The topological polar surface area (TPSA) is 97.4 Å². The van der Waals surface area contributed by atoms with E-state index in [4.69, 9.17) is 9.72 Å². The Morgan fingerprint density at radius 3 is 2.33 bits per heavy atom. The Kier molecular flexibility index (Phi) is 5.01. The lowest BCUT2D eigenvalue weighted by Crippen LogP contribution is -2.28. The van der Waals surface area contributed by atoms with Gasteiger partial charge in [0, 0.05) is 23.4 Å². The number of nitrogens with one attached hydrogen (secondary N) is 2. The van der Waals surface area contributed by atoms with E-state index in [-0.39, 0.29) is 4.90 Å². The number of hydrogen-bond acceptors (Lipinski definition) is 6. The summed E-state index contributed by atoms with van der Waals surface area (Å²) in [5, 5.41) is 5.18. The van der Waals surface area contributed by atoms with E-state index in [0.717, 1.165) is 34.4 Å². The molecule has 30 heavy (non-hydrogen) atoms. The van der Waals surface area contributed by atoms with Crippen LogP contribution in [0.15, 0.2) is 71.6 Å². The van der Waals surface area contributed by atoms with Crippen molar-refractivity contribution in [2.45, 2.75) is 11.8 Å². The van der Waals surface area contributed by atoms with Gasteiger partial charge < -0.3 is 10.1 Å². The molecule has 0 aliphatic heterocycles. The molecule has 1 amide bonds. The van der Waals surface area contributed by atoms with Crippen molar-refractivity contribution in [3.05, 3.63) is 66.7 Å². The largest absolute Gasteiger partial charge is 0.494 e. The van der Waals surface area contributed by atoms with Crippen LogP contribution < -0.4 is 14.8 Å². The number of methoxy groups -OCH3 is 1. The third-order valence-corrected chi connectivity index (χ3v) is 6.05. The van der Waals surface area contributed by atoms with Crippen LogP contribution in [0.25, 0.3) is 21.8 Å². The molecule has 0 unspecified atom stereocenters. The number of aromatic nitrogens is 1. The summed E-state index contributed by atoms with van der Waals surface area (Å²) >= 11 is 0. The van der Waals surface area contributed by atoms with E-state index < -0.39 is 15.9 Å². The molecule has 0 radical (unpaired) electrons. The van der Waals surface area contributed by atoms with Crippen LogP contribution >= 0.6 is 0 Å². The predicted molar refractivity (Wildman–Crippen MR) is 117 cm³/mol. The molecule has 0 saturated carbocycles. The number of anilines is 2. The van der Waals surface area contributed by atoms with Crippen LogP contribution in [0.5, 0.6) is 5.75 Å². The Morgan fingerprint density at radius 2 is 1.63 bits per heavy atom. The third-order valence-electron chi connectivity index (χ3n) is 4.61. The number of nitrogens with zero attached hydrogens (tertiary/aromatic N) is 1. The van der Waals surface area contributed by atoms with Crippen molar-refractivity contribution < 1.29 is 17.9 Å². The molecule has 1 aromatic heterocycles. The Bertz CT molecular complexity index is 1370. The number of sulfonamides is 1. The molecule has 0 saturated heterocycles. The summed E-state index contributed by atoms with van der Waals surface area (Å²) in [6.45, 7) is 1.15. The number of fused-ring (bicyclic) bond motifs is 2. The number of carbonyl (C=O) groups is 1. The van der Waals surface area contributed by atoms with Crippen LogP contribution in [-0.2, 0) is 14.8 Å². The van der Waals surface area contributed by atoms with E-state index in [1.54, 1.807) is 19.2 Å². The zero-order chi connectivity index (χ0) is 21.3. The van der Waals surface area contributed by atoms with Crippen LogP contribution in [0.3, 0.4) is 0 Å². The van der Waals surface area contributed by atoms with Gasteiger partial charge in [0.2, 0.25) is 5.91 Å². The highest BCUT2D eigenvalue weighted by Crippen LogP contribution is 2.36. The van der Waals surface area contributed by atoms with Gasteiger partial charge in [0.25, 0.3) is 10.0 Å². The summed E-state index contributed by atoms with van der Waals surface area (Å²) in [7, 11) is -2.28. The summed E-state index contributed by atoms with van der Waals surface area (Å²) in [6.07, 6.45) is 0. The van der Waals surface area contributed by atoms with Gasteiger partial charge in [-0.2, -0.15) is 0 Å². The monoisotopic (exact) mass is 421 g/mol. The minimum Gasteiger partial charge on any atom is -0.494 e. The Hall–Kier alpha value is -3.65. The molecule has 0 spiro atoms. The van der Waals surface area contributed by atoms with Crippen LogP contribution in [-0.4, -0.2) is 26.4 Å². The fourth-order valence-electron chi connectivity index (χ4n) is 3.30. The quantitative estimate of drug-likeness (QED) is 0.473. The molecule has 8 heteroatoms. The van der Waals surface area contributed by atoms with Gasteiger partial charge in [-0.3, -0.25) is 4.79 Å². The molecule has 0 bridgehead atoms. The molecule has 7 nitrogen and oxygen atoms in total. The number of carbonyl (C=O) groups excluding carboxylic acids is 1. The zero-order valence-corrected chi connectivity index (χ0v) is 17.2. The maximum atomic E-state index is 12.2. The van der Waals surface area contributed by atoms with Gasteiger partial charge in [0.15, 0.2) is 0 Å². The van der Waals surface area contributed by atoms with Crippen LogP contribution in [0, 0.1) is 0 Å².